The molecule has 0 bridgehead atoms. The van der Waals surface area contributed by atoms with Gasteiger partial charge in [-0.25, -0.2) is 0 Å². The summed E-state index contributed by atoms with van der Waals surface area (Å²) in [6.07, 6.45) is 1.04. The zero-order chi connectivity index (χ0) is 15.0. The van der Waals surface area contributed by atoms with Gasteiger partial charge in [0.25, 0.3) is 0 Å². The molecule has 0 radical (unpaired) electrons. The quantitative estimate of drug-likeness (QED) is 0.913. The van der Waals surface area contributed by atoms with Gasteiger partial charge in [-0.1, -0.05) is 12.1 Å². The molecule has 0 spiro atoms. The fraction of sp³-hybridized carbons (Fsp3) is 0.647. The average Bonchev–Trinajstić information content (AvgIpc) is 2.59. The minimum atomic E-state index is -0.139. The second kappa shape index (κ2) is 5.38. The van der Waals surface area contributed by atoms with E-state index in [4.69, 9.17) is 9.47 Å². The van der Waals surface area contributed by atoms with E-state index in [1.54, 1.807) is 7.11 Å². The van der Waals surface area contributed by atoms with Gasteiger partial charge in [-0.15, -0.1) is 0 Å². The van der Waals surface area contributed by atoms with Crippen LogP contribution in [0.3, 0.4) is 0 Å². The molecule has 1 heterocycles. The van der Waals surface area contributed by atoms with E-state index in [2.05, 4.69) is 45.1 Å². The standard InChI is InChI=1S/C17H27NO2/c1-16(2)11-14(17(3,4)20-16)15(18-5)12-8-7-9-13(10-12)19-6/h7-10,14-15,18H,11H2,1-6H3. The molecule has 1 N–H and O–H groups in total. The van der Waals surface area contributed by atoms with Crippen LogP contribution in [-0.2, 0) is 4.74 Å². The SMILES string of the molecule is CNC(c1cccc(OC)c1)C1CC(C)(C)OC1(C)C. The molecule has 0 aromatic heterocycles. The van der Waals surface area contributed by atoms with Crippen LogP contribution in [0.1, 0.15) is 45.7 Å². The second-order valence-electron chi connectivity index (χ2n) is 6.82. The molecule has 0 saturated carbocycles. The normalized spacial score (nSPS) is 25.4. The number of nitrogens with one attached hydrogen (secondary N) is 1. The lowest BCUT2D eigenvalue weighted by molar-refractivity contribution is -0.0776. The summed E-state index contributed by atoms with van der Waals surface area (Å²) in [6, 6.07) is 8.57. The Hall–Kier alpha value is -1.06. The molecule has 1 saturated heterocycles. The molecule has 2 rings (SSSR count). The van der Waals surface area contributed by atoms with Gasteiger partial charge < -0.3 is 14.8 Å². The summed E-state index contributed by atoms with van der Waals surface area (Å²) >= 11 is 0. The van der Waals surface area contributed by atoms with Crippen molar-refractivity contribution in [3.05, 3.63) is 29.8 Å². The molecule has 1 aromatic carbocycles. The highest BCUT2D eigenvalue weighted by Gasteiger charge is 2.49. The molecule has 112 valence electrons. The third-order valence-corrected chi connectivity index (χ3v) is 4.31. The first-order valence-corrected chi connectivity index (χ1v) is 7.30. The fourth-order valence-corrected chi connectivity index (χ4v) is 3.56. The Kier molecular flexibility index (Phi) is 4.12. The van der Waals surface area contributed by atoms with Crippen molar-refractivity contribution < 1.29 is 9.47 Å². The van der Waals surface area contributed by atoms with E-state index in [1.807, 2.05) is 19.2 Å². The molecule has 2 atom stereocenters. The fourth-order valence-electron chi connectivity index (χ4n) is 3.56. The lowest BCUT2D eigenvalue weighted by atomic mass is 9.79. The topological polar surface area (TPSA) is 30.5 Å². The van der Waals surface area contributed by atoms with E-state index in [9.17, 15) is 0 Å². The first-order chi connectivity index (χ1) is 9.29. The van der Waals surface area contributed by atoms with Gasteiger partial charge >= 0.3 is 0 Å². The third-order valence-electron chi connectivity index (χ3n) is 4.31. The predicted molar refractivity (Wildman–Crippen MR) is 82.1 cm³/mol. The summed E-state index contributed by atoms with van der Waals surface area (Å²) in [5.74, 6) is 1.33. The van der Waals surface area contributed by atoms with Gasteiger partial charge in [0.2, 0.25) is 0 Å². The summed E-state index contributed by atoms with van der Waals surface area (Å²) in [6.45, 7) is 8.73. The van der Waals surface area contributed by atoms with Gasteiger partial charge in [0, 0.05) is 12.0 Å². The van der Waals surface area contributed by atoms with Gasteiger partial charge in [0.1, 0.15) is 5.75 Å². The number of hydrogen-bond acceptors (Lipinski definition) is 3. The molecule has 2 unspecified atom stereocenters. The number of benzene rings is 1. The van der Waals surface area contributed by atoms with Crippen molar-refractivity contribution >= 4 is 0 Å². The summed E-state index contributed by atoms with van der Waals surface area (Å²) in [4.78, 5) is 0. The van der Waals surface area contributed by atoms with Crippen molar-refractivity contribution in [2.24, 2.45) is 5.92 Å². The van der Waals surface area contributed by atoms with Crippen molar-refractivity contribution in [2.45, 2.75) is 51.4 Å². The molecule has 3 heteroatoms. The number of methoxy groups -OCH3 is 1. The Labute approximate surface area is 122 Å². The molecule has 1 aliphatic rings. The zero-order valence-electron chi connectivity index (χ0n) is 13.5. The maximum Gasteiger partial charge on any atom is 0.119 e. The van der Waals surface area contributed by atoms with Crippen LogP contribution in [0, 0.1) is 5.92 Å². The largest absolute Gasteiger partial charge is 0.497 e. The molecule has 1 fully saturated rings. The van der Waals surface area contributed by atoms with Crippen molar-refractivity contribution in [3.63, 3.8) is 0 Å². The van der Waals surface area contributed by atoms with Gasteiger partial charge in [0.05, 0.1) is 18.3 Å². The summed E-state index contributed by atoms with van der Waals surface area (Å²) in [5, 5.41) is 3.47. The first kappa shape index (κ1) is 15.3. The van der Waals surface area contributed by atoms with Crippen LogP contribution in [0.15, 0.2) is 24.3 Å². The number of rotatable bonds is 4. The van der Waals surface area contributed by atoms with E-state index >= 15 is 0 Å². The van der Waals surface area contributed by atoms with Crippen LogP contribution < -0.4 is 10.1 Å². The van der Waals surface area contributed by atoms with Crippen molar-refractivity contribution in [3.8, 4) is 5.75 Å². The van der Waals surface area contributed by atoms with Crippen molar-refractivity contribution in [1.29, 1.82) is 0 Å². The Balaban J connectivity index is 2.32. The lowest BCUT2D eigenvalue weighted by Crippen LogP contribution is -2.37. The van der Waals surface area contributed by atoms with Crippen LogP contribution in [-0.4, -0.2) is 25.4 Å². The average molecular weight is 277 g/mol. The van der Waals surface area contributed by atoms with Crippen molar-refractivity contribution in [2.75, 3.05) is 14.2 Å². The summed E-state index contributed by atoms with van der Waals surface area (Å²) in [7, 11) is 3.73. The maximum atomic E-state index is 6.24. The van der Waals surface area contributed by atoms with Crippen LogP contribution in [0.5, 0.6) is 5.75 Å². The molecular formula is C17H27NO2. The summed E-state index contributed by atoms with van der Waals surface area (Å²) in [5.41, 5.74) is 1.05. The molecular weight excluding hydrogens is 250 g/mol. The molecule has 3 nitrogen and oxygen atoms in total. The van der Waals surface area contributed by atoms with Crippen LogP contribution in [0.2, 0.25) is 0 Å². The number of hydrogen-bond donors (Lipinski definition) is 1. The van der Waals surface area contributed by atoms with Crippen molar-refractivity contribution in [1.82, 2.24) is 5.32 Å². The highest BCUT2D eigenvalue weighted by Crippen LogP contribution is 2.47. The predicted octanol–water partition coefficient (Wildman–Crippen LogP) is 3.55. The van der Waals surface area contributed by atoms with Crippen LogP contribution in [0.25, 0.3) is 0 Å². The number of ether oxygens (including phenoxy) is 2. The van der Waals surface area contributed by atoms with Crippen LogP contribution >= 0.6 is 0 Å². The molecule has 1 aromatic rings. The van der Waals surface area contributed by atoms with Gasteiger partial charge in [-0.2, -0.15) is 0 Å². The zero-order valence-corrected chi connectivity index (χ0v) is 13.5. The molecule has 0 amide bonds. The smallest absolute Gasteiger partial charge is 0.119 e. The van der Waals surface area contributed by atoms with E-state index < -0.39 is 0 Å². The minimum Gasteiger partial charge on any atom is -0.497 e. The van der Waals surface area contributed by atoms with E-state index in [-0.39, 0.29) is 17.2 Å². The van der Waals surface area contributed by atoms with Gasteiger partial charge in [0.15, 0.2) is 0 Å². The Morgan fingerprint density at radius 3 is 2.50 bits per heavy atom. The van der Waals surface area contributed by atoms with E-state index in [1.165, 1.54) is 5.56 Å². The van der Waals surface area contributed by atoms with E-state index in [0.29, 0.717) is 5.92 Å². The first-order valence-electron chi connectivity index (χ1n) is 7.30. The Morgan fingerprint density at radius 1 is 1.30 bits per heavy atom. The van der Waals surface area contributed by atoms with Gasteiger partial charge in [-0.05, 0) is 58.9 Å². The lowest BCUT2D eigenvalue weighted by Gasteiger charge is -2.33. The second-order valence-corrected chi connectivity index (χ2v) is 6.82. The third kappa shape index (κ3) is 2.99. The minimum absolute atomic E-state index is 0.0673. The van der Waals surface area contributed by atoms with Crippen LogP contribution in [0.4, 0.5) is 0 Å². The molecule has 1 aliphatic heterocycles. The molecule has 0 aliphatic carbocycles. The van der Waals surface area contributed by atoms with Gasteiger partial charge in [-0.3, -0.25) is 0 Å². The Bertz CT molecular complexity index is 468. The maximum absolute atomic E-state index is 6.24. The summed E-state index contributed by atoms with van der Waals surface area (Å²) < 4.78 is 11.6. The monoisotopic (exact) mass is 277 g/mol. The molecule has 20 heavy (non-hydrogen) atoms. The van der Waals surface area contributed by atoms with E-state index in [0.717, 1.165) is 12.2 Å². The highest BCUT2D eigenvalue weighted by atomic mass is 16.5. The Morgan fingerprint density at radius 2 is 2.00 bits per heavy atom. The highest BCUT2D eigenvalue weighted by molar-refractivity contribution is 5.31.